The van der Waals surface area contributed by atoms with Gasteiger partial charge in [0.25, 0.3) is 0 Å². The molecule has 0 unspecified atom stereocenters. The van der Waals surface area contributed by atoms with E-state index in [0.29, 0.717) is 13.0 Å². The fourth-order valence-electron chi connectivity index (χ4n) is 1.00. The quantitative estimate of drug-likeness (QED) is 0.498. The van der Waals surface area contributed by atoms with Gasteiger partial charge in [-0.15, -0.1) is 0 Å². The third-order valence-corrected chi connectivity index (χ3v) is 1.86. The predicted octanol–water partition coefficient (Wildman–Crippen LogP) is 1.18. The van der Waals surface area contributed by atoms with E-state index in [9.17, 15) is 4.79 Å². The molecule has 0 aliphatic heterocycles. The van der Waals surface area contributed by atoms with Gasteiger partial charge in [-0.3, -0.25) is 4.79 Å². The van der Waals surface area contributed by atoms with E-state index in [0.717, 1.165) is 12.8 Å². The van der Waals surface area contributed by atoms with Crippen LogP contribution in [0.25, 0.3) is 0 Å². The molecule has 0 aliphatic rings. The third-order valence-electron chi connectivity index (χ3n) is 1.86. The Balaban J connectivity index is 3.49. The van der Waals surface area contributed by atoms with E-state index in [1.807, 2.05) is 13.0 Å². The van der Waals surface area contributed by atoms with Crippen molar-refractivity contribution in [1.82, 2.24) is 4.90 Å². The average Bonchev–Trinajstić information content (AvgIpc) is 2.12. The zero-order chi connectivity index (χ0) is 10.1. The van der Waals surface area contributed by atoms with Gasteiger partial charge in [0.2, 0.25) is 5.91 Å². The molecule has 0 fully saturated rings. The van der Waals surface area contributed by atoms with E-state index >= 15 is 0 Å². The Morgan fingerprint density at radius 3 is 2.77 bits per heavy atom. The SMILES string of the molecule is C/C=C\CCCC(=O)N(C)CCO. The number of aliphatic hydroxyl groups is 1. The van der Waals surface area contributed by atoms with E-state index in [1.54, 1.807) is 11.9 Å². The molecule has 0 saturated carbocycles. The molecule has 0 radical (unpaired) electrons. The summed E-state index contributed by atoms with van der Waals surface area (Å²) in [6, 6.07) is 0. The van der Waals surface area contributed by atoms with Crippen molar-refractivity contribution in [3.63, 3.8) is 0 Å². The minimum absolute atomic E-state index is 0.0388. The van der Waals surface area contributed by atoms with Crippen LogP contribution < -0.4 is 0 Å². The second-order valence-corrected chi connectivity index (χ2v) is 3.00. The van der Waals surface area contributed by atoms with Gasteiger partial charge >= 0.3 is 0 Å². The first-order chi connectivity index (χ1) is 6.22. The molecule has 0 rings (SSSR count). The van der Waals surface area contributed by atoms with Gasteiger partial charge in [0.15, 0.2) is 0 Å². The Kier molecular flexibility index (Phi) is 7.30. The van der Waals surface area contributed by atoms with Crippen molar-refractivity contribution in [1.29, 1.82) is 0 Å². The summed E-state index contributed by atoms with van der Waals surface area (Å²) >= 11 is 0. The lowest BCUT2D eigenvalue weighted by molar-refractivity contribution is -0.130. The number of unbranched alkanes of at least 4 members (excludes halogenated alkanes) is 1. The number of allylic oxidation sites excluding steroid dienone is 2. The van der Waals surface area contributed by atoms with Gasteiger partial charge in [0.1, 0.15) is 0 Å². The molecule has 13 heavy (non-hydrogen) atoms. The molecule has 3 heteroatoms. The van der Waals surface area contributed by atoms with Crippen LogP contribution in [0.2, 0.25) is 0 Å². The summed E-state index contributed by atoms with van der Waals surface area (Å²) in [5.41, 5.74) is 0. The van der Waals surface area contributed by atoms with Crippen molar-refractivity contribution in [2.24, 2.45) is 0 Å². The van der Waals surface area contributed by atoms with Gasteiger partial charge in [-0.2, -0.15) is 0 Å². The molecule has 0 atom stereocenters. The molecule has 0 aliphatic carbocycles. The van der Waals surface area contributed by atoms with Gasteiger partial charge in [0.05, 0.1) is 6.61 Å². The molecule has 0 spiro atoms. The molecule has 0 aromatic carbocycles. The smallest absolute Gasteiger partial charge is 0.222 e. The van der Waals surface area contributed by atoms with Crippen LogP contribution in [-0.4, -0.2) is 36.1 Å². The first-order valence-corrected chi connectivity index (χ1v) is 4.68. The lowest BCUT2D eigenvalue weighted by Crippen LogP contribution is -2.29. The molecule has 3 nitrogen and oxygen atoms in total. The number of rotatable bonds is 6. The number of hydrogen-bond acceptors (Lipinski definition) is 2. The highest BCUT2D eigenvalue weighted by Crippen LogP contribution is 1.99. The number of carbonyl (C=O) groups is 1. The fourth-order valence-corrected chi connectivity index (χ4v) is 1.00. The molecule has 0 bridgehead atoms. The van der Waals surface area contributed by atoms with E-state index in [4.69, 9.17) is 5.11 Å². The van der Waals surface area contributed by atoms with E-state index in [2.05, 4.69) is 6.08 Å². The monoisotopic (exact) mass is 185 g/mol. The van der Waals surface area contributed by atoms with Gasteiger partial charge in [-0.05, 0) is 19.8 Å². The van der Waals surface area contributed by atoms with Gasteiger partial charge < -0.3 is 10.0 Å². The molecule has 0 saturated heterocycles. The highest BCUT2D eigenvalue weighted by atomic mass is 16.3. The van der Waals surface area contributed by atoms with Crippen LogP contribution >= 0.6 is 0 Å². The van der Waals surface area contributed by atoms with Crippen LogP contribution in [0.3, 0.4) is 0 Å². The summed E-state index contributed by atoms with van der Waals surface area (Å²) < 4.78 is 0. The number of amides is 1. The molecule has 0 aromatic rings. The third kappa shape index (κ3) is 6.34. The average molecular weight is 185 g/mol. The molecular weight excluding hydrogens is 166 g/mol. The van der Waals surface area contributed by atoms with Crippen LogP contribution in [0, 0.1) is 0 Å². The van der Waals surface area contributed by atoms with E-state index in [-0.39, 0.29) is 12.5 Å². The summed E-state index contributed by atoms with van der Waals surface area (Å²) in [5.74, 6) is 0.110. The van der Waals surface area contributed by atoms with Crippen LogP contribution in [-0.2, 0) is 4.79 Å². The minimum atomic E-state index is 0.0388. The highest BCUT2D eigenvalue weighted by Gasteiger charge is 2.05. The normalized spacial score (nSPS) is 10.7. The molecule has 76 valence electrons. The maximum atomic E-state index is 11.3. The predicted molar refractivity (Wildman–Crippen MR) is 53.4 cm³/mol. The maximum Gasteiger partial charge on any atom is 0.222 e. The fraction of sp³-hybridized carbons (Fsp3) is 0.700. The summed E-state index contributed by atoms with van der Waals surface area (Å²) in [6.07, 6.45) is 6.45. The minimum Gasteiger partial charge on any atom is -0.395 e. The number of carbonyl (C=O) groups excluding carboxylic acids is 1. The Morgan fingerprint density at radius 1 is 1.54 bits per heavy atom. The summed E-state index contributed by atoms with van der Waals surface area (Å²) in [5, 5.41) is 8.59. The highest BCUT2D eigenvalue weighted by molar-refractivity contribution is 5.75. The molecule has 0 heterocycles. The second-order valence-electron chi connectivity index (χ2n) is 3.00. The summed E-state index contributed by atoms with van der Waals surface area (Å²) in [7, 11) is 1.72. The number of aliphatic hydroxyl groups excluding tert-OH is 1. The number of nitrogens with zero attached hydrogens (tertiary/aromatic N) is 1. The summed E-state index contributed by atoms with van der Waals surface area (Å²) in [6.45, 7) is 2.44. The van der Waals surface area contributed by atoms with Crippen molar-refractivity contribution in [2.75, 3.05) is 20.2 Å². The lowest BCUT2D eigenvalue weighted by Gasteiger charge is -2.14. The Bertz CT molecular complexity index is 166. The number of likely N-dealkylation sites (N-methyl/N-ethyl adjacent to an activating group) is 1. The van der Waals surface area contributed by atoms with Crippen LogP contribution in [0.1, 0.15) is 26.2 Å². The largest absolute Gasteiger partial charge is 0.395 e. The second kappa shape index (κ2) is 7.80. The lowest BCUT2D eigenvalue weighted by atomic mass is 10.2. The summed E-state index contributed by atoms with van der Waals surface area (Å²) in [4.78, 5) is 12.9. The zero-order valence-electron chi connectivity index (χ0n) is 8.49. The first-order valence-electron chi connectivity index (χ1n) is 4.68. The van der Waals surface area contributed by atoms with E-state index in [1.165, 1.54) is 0 Å². The van der Waals surface area contributed by atoms with Crippen LogP contribution in [0.5, 0.6) is 0 Å². The van der Waals surface area contributed by atoms with Gasteiger partial charge in [0, 0.05) is 20.0 Å². The Morgan fingerprint density at radius 2 is 2.23 bits per heavy atom. The molecule has 0 aromatic heterocycles. The van der Waals surface area contributed by atoms with Crippen molar-refractivity contribution in [2.45, 2.75) is 26.2 Å². The van der Waals surface area contributed by atoms with Gasteiger partial charge in [-0.1, -0.05) is 12.2 Å². The van der Waals surface area contributed by atoms with Crippen LogP contribution in [0.4, 0.5) is 0 Å². The molecular formula is C10H19NO2. The maximum absolute atomic E-state index is 11.3. The van der Waals surface area contributed by atoms with Crippen molar-refractivity contribution in [3.8, 4) is 0 Å². The van der Waals surface area contributed by atoms with Gasteiger partial charge in [-0.25, -0.2) is 0 Å². The Hall–Kier alpha value is -0.830. The van der Waals surface area contributed by atoms with Crippen molar-refractivity contribution in [3.05, 3.63) is 12.2 Å². The molecule has 1 N–H and O–H groups in total. The van der Waals surface area contributed by atoms with E-state index < -0.39 is 0 Å². The molecule has 1 amide bonds. The zero-order valence-corrected chi connectivity index (χ0v) is 8.49. The number of hydrogen-bond donors (Lipinski definition) is 1. The standard InChI is InChI=1S/C10H19NO2/c1-3-4-5-6-7-10(13)11(2)8-9-12/h3-4,12H,5-9H2,1-2H3/b4-3-. The van der Waals surface area contributed by atoms with Crippen molar-refractivity contribution >= 4 is 5.91 Å². The van der Waals surface area contributed by atoms with Crippen LogP contribution in [0.15, 0.2) is 12.2 Å². The first kappa shape index (κ1) is 12.2. The van der Waals surface area contributed by atoms with Crippen molar-refractivity contribution < 1.29 is 9.90 Å². The topological polar surface area (TPSA) is 40.5 Å². The Labute approximate surface area is 80.0 Å².